The molecule has 1 unspecified atom stereocenters. The van der Waals surface area contributed by atoms with Crippen molar-refractivity contribution >= 4 is 0 Å². The van der Waals surface area contributed by atoms with Crippen LogP contribution in [0.25, 0.3) is 0 Å². The average molecular weight is 278 g/mol. The molecule has 0 aliphatic carbocycles. The number of hydrogen-bond acceptors (Lipinski definition) is 4. The molecule has 0 aromatic carbocycles. The summed E-state index contributed by atoms with van der Waals surface area (Å²) in [5, 5.41) is 3.41. The lowest BCUT2D eigenvalue weighted by Crippen LogP contribution is -2.44. The Morgan fingerprint density at radius 1 is 1.40 bits per heavy atom. The third-order valence-corrected chi connectivity index (χ3v) is 4.44. The molecule has 1 aromatic rings. The Hall–Kier alpha value is -0.910. The number of aromatic nitrogens is 2. The van der Waals surface area contributed by atoms with E-state index in [0.717, 1.165) is 58.7 Å². The summed E-state index contributed by atoms with van der Waals surface area (Å²) in [4.78, 5) is 7.28. The second-order valence-electron chi connectivity index (χ2n) is 5.70. The molecule has 5 heteroatoms. The Bertz CT molecular complexity index is 457. The number of rotatable bonds is 4. The molecular formula is C15H26N4O. The van der Waals surface area contributed by atoms with Gasteiger partial charge in [-0.3, -0.25) is 4.90 Å². The molecule has 0 saturated carbocycles. The molecule has 3 rings (SSSR count). The van der Waals surface area contributed by atoms with Crippen LogP contribution < -0.4 is 5.32 Å². The third-order valence-electron chi connectivity index (χ3n) is 4.44. The van der Waals surface area contributed by atoms with Crippen LogP contribution in [-0.4, -0.2) is 53.3 Å². The number of ether oxygens (including phenoxy) is 1. The maximum absolute atomic E-state index is 5.97. The smallest absolute Gasteiger partial charge is 0.109 e. The van der Waals surface area contributed by atoms with Crippen LogP contribution in [0.5, 0.6) is 0 Å². The number of fused-ring (bicyclic) bond motifs is 1. The summed E-state index contributed by atoms with van der Waals surface area (Å²) in [7, 11) is 0. The van der Waals surface area contributed by atoms with Crippen molar-refractivity contribution in [2.75, 3.05) is 32.8 Å². The summed E-state index contributed by atoms with van der Waals surface area (Å²) in [5.74, 6) is 1.22. The van der Waals surface area contributed by atoms with E-state index >= 15 is 0 Å². The fourth-order valence-electron chi connectivity index (χ4n) is 3.29. The summed E-state index contributed by atoms with van der Waals surface area (Å²) in [5.41, 5.74) is 2.68. The van der Waals surface area contributed by atoms with Crippen molar-refractivity contribution in [3.63, 3.8) is 0 Å². The summed E-state index contributed by atoms with van der Waals surface area (Å²) < 4.78 is 8.40. The molecular weight excluding hydrogens is 252 g/mol. The zero-order valence-corrected chi connectivity index (χ0v) is 12.7. The number of morpholine rings is 1. The van der Waals surface area contributed by atoms with E-state index in [4.69, 9.17) is 9.72 Å². The van der Waals surface area contributed by atoms with E-state index in [0.29, 0.717) is 6.10 Å². The minimum absolute atomic E-state index is 0.308. The van der Waals surface area contributed by atoms with E-state index in [-0.39, 0.29) is 0 Å². The van der Waals surface area contributed by atoms with E-state index < -0.39 is 0 Å². The predicted octanol–water partition coefficient (Wildman–Crippen LogP) is 0.812. The lowest BCUT2D eigenvalue weighted by molar-refractivity contribution is -0.0349. The van der Waals surface area contributed by atoms with Crippen LogP contribution in [0, 0.1) is 0 Å². The quantitative estimate of drug-likeness (QED) is 0.885. The molecule has 0 spiro atoms. The fraction of sp³-hybridized carbons (Fsp3) is 0.800. The first-order chi connectivity index (χ1) is 9.81. The van der Waals surface area contributed by atoms with E-state index in [1.807, 2.05) is 0 Å². The zero-order chi connectivity index (χ0) is 13.9. The SMILES string of the molecule is CCc1nc2c(n1CC1CN(CC)CCO1)CCNC2. The van der Waals surface area contributed by atoms with E-state index in [2.05, 4.69) is 28.6 Å². The highest BCUT2D eigenvalue weighted by molar-refractivity contribution is 5.20. The van der Waals surface area contributed by atoms with Crippen molar-refractivity contribution in [3.05, 3.63) is 17.2 Å². The van der Waals surface area contributed by atoms with Crippen LogP contribution in [0.2, 0.25) is 0 Å². The highest BCUT2D eigenvalue weighted by atomic mass is 16.5. The standard InChI is InChI=1S/C15H26N4O/c1-3-15-17-13-9-16-6-5-14(13)19(15)11-12-10-18(4-2)7-8-20-12/h12,16H,3-11H2,1-2H3. The molecule has 0 amide bonds. The molecule has 1 saturated heterocycles. The Labute approximate surface area is 121 Å². The first-order valence-electron chi connectivity index (χ1n) is 7.93. The maximum atomic E-state index is 5.97. The lowest BCUT2D eigenvalue weighted by atomic mass is 10.1. The van der Waals surface area contributed by atoms with Gasteiger partial charge in [0.05, 0.1) is 24.9 Å². The van der Waals surface area contributed by atoms with Gasteiger partial charge in [0, 0.05) is 44.7 Å². The van der Waals surface area contributed by atoms with Crippen molar-refractivity contribution in [1.29, 1.82) is 0 Å². The Kier molecular flexibility index (Phi) is 4.38. The normalized spacial score (nSPS) is 23.8. The van der Waals surface area contributed by atoms with Gasteiger partial charge < -0.3 is 14.6 Å². The molecule has 2 aliphatic heterocycles. The van der Waals surface area contributed by atoms with Gasteiger partial charge >= 0.3 is 0 Å². The number of likely N-dealkylation sites (N-methyl/N-ethyl adjacent to an activating group) is 1. The Morgan fingerprint density at radius 2 is 2.30 bits per heavy atom. The first-order valence-corrected chi connectivity index (χ1v) is 7.93. The molecule has 2 aliphatic rings. The van der Waals surface area contributed by atoms with Gasteiger partial charge in [-0.15, -0.1) is 0 Å². The second-order valence-corrected chi connectivity index (χ2v) is 5.70. The van der Waals surface area contributed by atoms with Gasteiger partial charge in [-0.25, -0.2) is 4.98 Å². The largest absolute Gasteiger partial charge is 0.374 e. The molecule has 1 atom stereocenters. The molecule has 5 nitrogen and oxygen atoms in total. The molecule has 0 bridgehead atoms. The van der Waals surface area contributed by atoms with Crippen LogP contribution in [0.3, 0.4) is 0 Å². The van der Waals surface area contributed by atoms with Crippen LogP contribution in [-0.2, 0) is 30.7 Å². The minimum atomic E-state index is 0.308. The predicted molar refractivity (Wildman–Crippen MR) is 78.9 cm³/mol. The van der Waals surface area contributed by atoms with Crippen molar-refractivity contribution < 1.29 is 4.74 Å². The lowest BCUT2D eigenvalue weighted by Gasteiger charge is -2.33. The fourth-order valence-corrected chi connectivity index (χ4v) is 3.29. The maximum Gasteiger partial charge on any atom is 0.109 e. The molecule has 1 fully saturated rings. The summed E-state index contributed by atoms with van der Waals surface area (Å²) in [6.45, 7) is 11.5. The summed E-state index contributed by atoms with van der Waals surface area (Å²) in [6, 6.07) is 0. The number of aryl methyl sites for hydroxylation is 1. The van der Waals surface area contributed by atoms with Crippen LogP contribution in [0.4, 0.5) is 0 Å². The van der Waals surface area contributed by atoms with Gasteiger partial charge in [0.2, 0.25) is 0 Å². The number of hydrogen-bond donors (Lipinski definition) is 1. The zero-order valence-electron chi connectivity index (χ0n) is 12.7. The average Bonchev–Trinajstić information content (AvgIpc) is 2.85. The third kappa shape index (κ3) is 2.75. The summed E-state index contributed by atoms with van der Waals surface area (Å²) >= 11 is 0. The van der Waals surface area contributed by atoms with Crippen molar-refractivity contribution in [2.45, 2.75) is 45.9 Å². The van der Waals surface area contributed by atoms with E-state index in [1.165, 1.54) is 17.2 Å². The molecule has 1 aromatic heterocycles. The summed E-state index contributed by atoms with van der Waals surface area (Å²) in [6.07, 6.45) is 2.39. The highest BCUT2D eigenvalue weighted by Gasteiger charge is 2.24. The topological polar surface area (TPSA) is 42.3 Å². The van der Waals surface area contributed by atoms with Crippen molar-refractivity contribution in [3.8, 4) is 0 Å². The van der Waals surface area contributed by atoms with Gasteiger partial charge in [0.15, 0.2) is 0 Å². The van der Waals surface area contributed by atoms with E-state index in [1.54, 1.807) is 0 Å². The molecule has 20 heavy (non-hydrogen) atoms. The van der Waals surface area contributed by atoms with Gasteiger partial charge in [-0.1, -0.05) is 13.8 Å². The molecule has 0 radical (unpaired) electrons. The van der Waals surface area contributed by atoms with Gasteiger partial charge in [0.25, 0.3) is 0 Å². The van der Waals surface area contributed by atoms with Crippen LogP contribution in [0.1, 0.15) is 31.1 Å². The van der Waals surface area contributed by atoms with Crippen LogP contribution >= 0.6 is 0 Å². The van der Waals surface area contributed by atoms with E-state index in [9.17, 15) is 0 Å². The van der Waals surface area contributed by atoms with Gasteiger partial charge in [-0.05, 0) is 6.54 Å². The number of nitrogens with one attached hydrogen (secondary N) is 1. The Balaban J connectivity index is 1.77. The minimum Gasteiger partial charge on any atom is -0.374 e. The monoisotopic (exact) mass is 278 g/mol. The van der Waals surface area contributed by atoms with Gasteiger partial charge in [0.1, 0.15) is 5.82 Å². The van der Waals surface area contributed by atoms with Crippen LogP contribution in [0.15, 0.2) is 0 Å². The van der Waals surface area contributed by atoms with Crippen molar-refractivity contribution in [2.24, 2.45) is 0 Å². The second kappa shape index (κ2) is 6.24. The number of imidazole rings is 1. The Morgan fingerprint density at radius 3 is 3.10 bits per heavy atom. The first kappa shape index (κ1) is 14.0. The molecule has 3 heterocycles. The molecule has 1 N–H and O–H groups in total. The molecule has 112 valence electrons. The van der Waals surface area contributed by atoms with Gasteiger partial charge in [-0.2, -0.15) is 0 Å². The number of nitrogens with zero attached hydrogens (tertiary/aromatic N) is 3. The van der Waals surface area contributed by atoms with Crippen molar-refractivity contribution in [1.82, 2.24) is 19.8 Å². The highest BCUT2D eigenvalue weighted by Crippen LogP contribution is 2.19.